The van der Waals surface area contributed by atoms with Gasteiger partial charge in [-0.3, -0.25) is 4.79 Å². The number of fused-ring (bicyclic) bond motifs is 2. The van der Waals surface area contributed by atoms with E-state index in [0.29, 0.717) is 6.61 Å². The SMILES string of the molecule is CCCOc1ccc(-c2cc(C3=C(c4cc(Cl)sc4C)CCC3)c(C)s2)c2c(=O)c3ccccc3sc12. The van der Waals surface area contributed by atoms with Gasteiger partial charge in [-0.15, -0.1) is 34.0 Å². The molecule has 0 atom stereocenters. The Kier molecular flexibility index (Phi) is 6.74. The molecular weight excluding hydrogens is 536 g/mol. The predicted octanol–water partition coefficient (Wildman–Crippen LogP) is 10.4. The molecule has 0 N–H and O–H groups in total. The molecule has 2 nitrogen and oxygen atoms in total. The van der Waals surface area contributed by atoms with Gasteiger partial charge < -0.3 is 4.74 Å². The number of hydrogen-bond acceptors (Lipinski definition) is 5. The van der Waals surface area contributed by atoms with Crippen molar-refractivity contribution < 1.29 is 4.74 Å². The zero-order valence-electron chi connectivity index (χ0n) is 21.1. The predicted molar refractivity (Wildman–Crippen MR) is 164 cm³/mol. The van der Waals surface area contributed by atoms with Gasteiger partial charge in [-0.25, -0.2) is 0 Å². The van der Waals surface area contributed by atoms with Crippen molar-refractivity contribution in [2.75, 3.05) is 6.61 Å². The minimum absolute atomic E-state index is 0.0817. The Bertz CT molecular complexity index is 1750. The van der Waals surface area contributed by atoms with Crippen LogP contribution in [-0.2, 0) is 0 Å². The fraction of sp³-hybridized carbons (Fsp3) is 0.258. The fourth-order valence-electron chi connectivity index (χ4n) is 5.41. The van der Waals surface area contributed by atoms with E-state index in [4.69, 9.17) is 16.3 Å². The van der Waals surface area contributed by atoms with Crippen LogP contribution < -0.4 is 10.2 Å². The summed E-state index contributed by atoms with van der Waals surface area (Å²) in [5, 5.41) is 1.54. The number of ether oxygens (including phenoxy) is 1. The molecule has 5 aromatic rings. The topological polar surface area (TPSA) is 26.3 Å². The Morgan fingerprint density at radius 2 is 1.62 bits per heavy atom. The molecule has 0 unspecified atom stereocenters. The first-order valence-corrected chi connectivity index (χ1v) is 15.5. The third-order valence-electron chi connectivity index (χ3n) is 7.09. The van der Waals surface area contributed by atoms with Crippen molar-refractivity contribution in [1.82, 2.24) is 0 Å². The number of aryl methyl sites for hydroxylation is 2. The van der Waals surface area contributed by atoms with Gasteiger partial charge in [0.05, 0.1) is 21.0 Å². The van der Waals surface area contributed by atoms with Crippen LogP contribution in [0.1, 0.15) is 53.5 Å². The Morgan fingerprint density at radius 1 is 0.892 bits per heavy atom. The monoisotopic (exact) mass is 562 g/mol. The van der Waals surface area contributed by atoms with E-state index in [2.05, 4.69) is 39.0 Å². The second kappa shape index (κ2) is 10.0. The highest BCUT2D eigenvalue weighted by Crippen LogP contribution is 2.48. The number of thiophene rings is 2. The standard InChI is InChI=1S/C31H27ClO2S3/c1-4-14-34-25-13-12-21(29-30(33)22-8-5-6-11-26(22)37-31(25)29)27-15-23(17(2)35-27)19-9-7-10-20(19)24-16-28(32)36-18(24)3/h5-6,8,11-13,15-16H,4,7,9-10,14H2,1-3H3. The van der Waals surface area contributed by atoms with Crippen LogP contribution in [0.3, 0.4) is 0 Å². The number of hydrogen-bond donors (Lipinski definition) is 0. The van der Waals surface area contributed by atoms with E-state index in [1.54, 1.807) is 34.0 Å². The molecule has 37 heavy (non-hydrogen) atoms. The molecule has 0 saturated carbocycles. The lowest BCUT2D eigenvalue weighted by Gasteiger charge is -2.12. The van der Waals surface area contributed by atoms with Crippen LogP contribution in [0.15, 0.2) is 53.3 Å². The zero-order chi connectivity index (χ0) is 25.7. The molecule has 0 amide bonds. The number of rotatable bonds is 6. The van der Waals surface area contributed by atoms with Crippen molar-refractivity contribution in [3.8, 4) is 16.2 Å². The number of benzene rings is 2. The first-order valence-electron chi connectivity index (χ1n) is 12.7. The Morgan fingerprint density at radius 3 is 2.35 bits per heavy atom. The van der Waals surface area contributed by atoms with E-state index < -0.39 is 0 Å². The summed E-state index contributed by atoms with van der Waals surface area (Å²) in [7, 11) is 0. The molecule has 6 heteroatoms. The Balaban J connectivity index is 1.56. The third-order valence-corrected chi connectivity index (χ3v) is 10.5. The maximum Gasteiger partial charge on any atom is 0.196 e. The molecule has 0 bridgehead atoms. The van der Waals surface area contributed by atoms with Crippen LogP contribution in [0.5, 0.6) is 5.75 Å². The molecule has 1 aliphatic rings. The average molecular weight is 563 g/mol. The van der Waals surface area contributed by atoms with Gasteiger partial charge >= 0.3 is 0 Å². The largest absolute Gasteiger partial charge is 0.492 e. The lowest BCUT2D eigenvalue weighted by molar-refractivity contribution is 0.321. The van der Waals surface area contributed by atoms with Crippen LogP contribution in [0.4, 0.5) is 0 Å². The third kappa shape index (κ3) is 4.36. The lowest BCUT2D eigenvalue weighted by Crippen LogP contribution is -2.04. The molecule has 0 aliphatic heterocycles. The van der Waals surface area contributed by atoms with Gasteiger partial charge in [-0.1, -0.05) is 30.7 Å². The van der Waals surface area contributed by atoms with E-state index in [-0.39, 0.29) is 5.43 Å². The van der Waals surface area contributed by atoms with Crippen molar-refractivity contribution in [2.45, 2.75) is 46.5 Å². The first kappa shape index (κ1) is 24.9. The van der Waals surface area contributed by atoms with Gasteiger partial charge in [-0.2, -0.15) is 0 Å². The highest BCUT2D eigenvalue weighted by molar-refractivity contribution is 7.25. The number of allylic oxidation sites excluding steroid dienone is 2. The molecule has 3 heterocycles. The van der Waals surface area contributed by atoms with Crippen molar-refractivity contribution in [2.24, 2.45) is 0 Å². The molecule has 6 rings (SSSR count). The average Bonchev–Trinajstić information content (AvgIpc) is 3.60. The summed E-state index contributed by atoms with van der Waals surface area (Å²) in [5.41, 5.74) is 6.55. The lowest BCUT2D eigenvalue weighted by atomic mass is 9.97. The van der Waals surface area contributed by atoms with Gasteiger partial charge in [0.25, 0.3) is 0 Å². The van der Waals surface area contributed by atoms with Gasteiger partial charge in [0.2, 0.25) is 0 Å². The molecule has 0 spiro atoms. The Labute approximate surface area is 233 Å². The maximum absolute atomic E-state index is 13.9. The van der Waals surface area contributed by atoms with Crippen LogP contribution in [-0.4, -0.2) is 6.61 Å². The summed E-state index contributed by atoms with van der Waals surface area (Å²) in [6.45, 7) is 7.10. The highest BCUT2D eigenvalue weighted by atomic mass is 35.5. The summed E-state index contributed by atoms with van der Waals surface area (Å²) in [6, 6.07) is 16.5. The smallest absolute Gasteiger partial charge is 0.196 e. The van der Waals surface area contributed by atoms with Crippen LogP contribution >= 0.6 is 45.6 Å². The van der Waals surface area contributed by atoms with E-state index in [1.807, 2.05) is 30.3 Å². The van der Waals surface area contributed by atoms with Crippen molar-refractivity contribution in [1.29, 1.82) is 0 Å². The van der Waals surface area contributed by atoms with Crippen LogP contribution in [0, 0.1) is 13.8 Å². The molecule has 2 aromatic carbocycles. The highest BCUT2D eigenvalue weighted by Gasteiger charge is 2.24. The van der Waals surface area contributed by atoms with Gasteiger partial charge in [-0.05, 0) is 98.2 Å². The van der Waals surface area contributed by atoms with Crippen molar-refractivity contribution in [3.63, 3.8) is 0 Å². The second-order valence-electron chi connectivity index (χ2n) is 9.50. The van der Waals surface area contributed by atoms with E-state index in [1.165, 1.54) is 32.0 Å². The molecular formula is C31H27ClO2S3. The maximum atomic E-state index is 13.9. The van der Waals surface area contributed by atoms with Gasteiger partial charge in [0.15, 0.2) is 5.43 Å². The molecule has 3 aromatic heterocycles. The normalized spacial score (nSPS) is 13.8. The zero-order valence-corrected chi connectivity index (χ0v) is 24.3. The van der Waals surface area contributed by atoms with E-state index in [0.717, 1.165) is 66.4 Å². The Hall–Kier alpha value is -2.44. The van der Waals surface area contributed by atoms with Crippen molar-refractivity contribution >= 4 is 76.9 Å². The van der Waals surface area contributed by atoms with Crippen LogP contribution in [0.2, 0.25) is 4.34 Å². The molecule has 0 radical (unpaired) electrons. The van der Waals surface area contributed by atoms with Gasteiger partial charge in [0, 0.05) is 30.3 Å². The van der Waals surface area contributed by atoms with E-state index >= 15 is 0 Å². The summed E-state index contributed by atoms with van der Waals surface area (Å²) in [4.78, 5) is 17.6. The summed E-state index contributed by atoms with van der Waals surface area (Å²) < 4.78 is 8.89. The molecule has 188 valence electrons. The minimum atomic E-state index is 0.0817. The summed E-state index contributed by atoms with van der Waals surface area (Å²) in [6.07, 6.45) is 4.24. The first-order chi connectivity index (χ1) is 18.0. The fourth-order valence-corrected chi connectivity index (χ4v) is 8.87. The molecule has 1 aliphatic carbocycles. The van der Waals surface area contributed by atoms with Crippen LogP contribution in [0.25, 0.3) is 41.8 Å². The molecule has 0 saturated heterocycles. The van der Waals surface area contributed by atoms with Crippen molar-refractivity contribution in [3.05, 3.63) is 84.0 Å². The summed E-state index contributed by atoms with van der Waals surface area (Å²) >= 11 is 11.5. The molecule has 0 fully saturated rings. The summed E-state index contributed by atoms with van der Waals surface area (Å²) in [5.74, 6) is 0.799. The number of halogens is 1. The minimum Gasteiger partial charge on any atom is -0.492 e. The quantitative estimate of drug-likeness (QED) is 0.192. The second-order valence-corrected chi connectivity index (χ2v) is 13.7. The van der Waals surface area contributed by atoms with E-state index in [9.17, 15) is 4.79 Å². The van der Waals surface area contributed by atoms with Gasteiger partial charge in [0.1, 0.15) is 5.75 Å².